The molecule has 0 bridgehead atoms. The molecule has 170 valence electrons. The van der Waals surface area contributed by atoms with Gasteiger partial charge in [-0.15, -0.1) is 0 Å². The molecule has 0 spiro atoms. The minimum atomic E-state index is -3.76. The normalized spacial score (nSPS) is 11.2. The quantitative estimate of drug-likeness (QED) is 0.441. The lowest BCUT2D eigenvalue weighted by Gasteiger charge is -2.13. The van der Waals surface area contributed by atoms with Gasteiger partial charge in [-0.1, -0.05) is 30.3 Å². The lowest BCUT2D eigenvalue weighted by molar-refractivity contribution is -0.114. The second-order valence-electron chi connectivity index (χ2n) is 7.52. The van der Waals surface area contributed by atoms with Crippen LogP contribution >= 0.6 is 0 Å². The van der Waals surface area contributed by atoms with Gasteiger partial charge in [0.05, 0.1) is 10.6 Å². The van der Waals surface area contributed by atoms with Gasteiger partial charge in [-0.25, -0.2) is 8.42 Å². The van der Waals surface area contributed by atoms with Crippen LogP contribution in [-0.2, 0) is 19.6 Å². The fourth-order valence-electron chi connectivity index (χ4n) is 3.12. The highest BCUT2D eigenvalue weighted by atomic mass is 32.2. The fraction of sp³-hybridized carbons (Fsp3) is 0.120. The predicted molar refractivity (Wildman–Crippen MR) is 132 cm³/mol. The third-order valence-electron chi connectivity index (χ3n) is 4.81. The summed E-state index contributed by atoms with van der Waals surface area (Å²) in [5, 5.41) is 5.37. The molecule has 0 fully saturated rings. The van der Waals surface area contributed by atoms with Crippen molar-refractivity contribution in [2.45, 2.75) is 25.7 Å². The molecular weight excluding hydrogens is 438 g/mol. The number of aryl methyl sites for hydroxylation is 2. The van der Waals surface area contributed by atoms with Crippen LogP contribution in [0.3, 0.4) is 0 Å². The van der Waals surface area contributed by atoms with Gasteiger partial charge in [0, 0.05) is 24.4 Å². The average Bonchev–Trinajstić information content (AvgIpc) is 2.76. The van der Waals surface area contributed by atoms with Crippen LogP contribution < -0.4 is 15.4 Å². The largest absolute Gasteiger partial charge is 0.326 e. The third-order valence-corrected chi connectivity index (χ3v) is 6.17. The Morgan fingerprint density at radius 1 is 0.788 bits per heavy atom. The van der Waals surface area contributed by atoms with E-state index in [-0.39, 0.29) is 16.7 Å². The average molecular weight is 464 g/mol. The minimum absolute atomic E-state index is 0.0953. The van der Waals surface area contributed by atoms with Gasteiger partial charge < -0.3 is 10.6 Å². The van der Waals surface area contributed by atoms with Crippen molar-refractivity contribution >= 4 is 45.0 Å². The van der Waals surface area contributed by atoms with E-state index in [2.05, 4.69) is 15.4 Å². The summed E-state index contributed by atoms with van der Waals surface area (Å²) in [6.45, 7) is 5.12. The Bertz CT molecular complexity index is 1280. The van der Waals surface area contributed by atoms with Crippen LogP contribution in [0.1, 0.15) is 23.6 Å². The second kappa shape index (κ2) is 10.1. The Hall–Kier alpha value is -3.91. The number of rotatable bonds is 7. The van der Waals surface area contributed by atoms with E-state index < -0.39 is 10.0 Å². The molecule has 0 saturated heterocycles. The molecule has 0 saturated carbocycles. The molecule has 2 amide bonds. The maximum absolute atomic E-state index is 12.7. The van der Waals surface area contributed by atoms with Crippen LogP contribution in [0.5, 0.6) is 0 Å². The number of benzene rings is 3. The molecule has 3 rings (SSSR count). The summed E-state index contributed by atoms with van der Waals surface area (Å²) in [6, 6.07) is 18.5. The first-order chi connectivity index (χ1) is 15.6. The molecule has 7 nitrogen and oxygen atoms in total. The topological polar surface area (TPSA) is 104 Å². The zero-order valence-electron chi connectivity index (χ0n) is 18.5. The summed E-state index contributed by atoms with van der Waals surface area (Å²) >= 11 is 0. The molecule has 0 heterocycles. The number of sulfonamides is 1. The summed E-state index contributed by atoms with van der Waals surface area (Å²) in [5.41, 5.74) is 4.16. The van der Waals surface area contributed by atoms with Crippen molar-refractivity contribution in [3.63, 3.8) is 0 Å². The van der Waals surface area contributed by atoms with Crippen LogP contribution in [-0.4, -0.2) is 20.2 Å². The van der Waals surface area contributed by atoms with Crippen molar-refractivity contribution in [3.8, 4) is 0 Å². The summed E-state index contributed by atoms with van der Waals surface area (Å²) in [7, 11) is -3.76. The lowest BCUT2D eigenvalue weighted by Crippen LogP contribution is -2.15. The first kappa shape index (κ1) is 23.7. The van der Waals surface area contributed by atoms with E-state index in [1.165, 1.54) is 37.3 Å². The van der Waals surface area contributed by atoms with Crippen LogP contribution in [0.15, 0.2) is 77.7 Å². The van der Waals surface area contributed by atoms with E-state index >= 15 is 0 Å². The zero-order chi connectivity index (χ0) is 24.0. The van der Waals surface area contributed by atoms with E-state index in [1.54, 1.807) is 30.3 Å². The third kappa shape index (κ3) is 6.54. The van der Waals surface area contributed by atoms with Crippen molar-refractivity contribution in [2.75, 3.05) is 15.4 Å². The molecule has 0 aromatic heterocycles. The summed E-state index contributed by atoms with van der Waals surface area (Å²) in [6.07, 6.45) is 3.01. The van der Waals surface area contributed by atoms with Gasteiger partial charge in [0.15, 0.2) is 0 Å². The van der Waals surface area contributed by atoms with E-state index in [1.807, 2.05) is 32.0 Å². The van der Waals surface area contributed by atoms with E-state index in [0.29, 0.717) is 17.1 Å². The Morgan fingerprint density at radius 2 is 1.33 bits per heavy atom. The first-order valence-corrected chi connectivity index (χ1v) is 11.7. The number of anilines is 3. The molecule has 0 radical (unpaired) electrons. The number of para-hydroxylation sites is 1. The predicted octanol–water partition coefficient (Wildman–Crippen LogP) is 4.71. The highest BCUT2D eigenvalue weighted by Gasteiger charge is 2.16. The molecule has 0 aliphatic heterocycles. The SMILES string of the molecule is CC(=O)Nc1ccc(/C=C/C(=O)Nc2ccc(S(=O)(=O)Nc3c(C)cccc3C)cc2)cc1. The molecule has 8 heteroatoms. The van der Waals surface area contributed by atoms with Crippen LogP contribution in [0.4, 0.5) is 17.1 Å². The number of nitrogens with one attached hydrogen (secondary N) is 3. The smallest absolute Gasteiger partial charge is 0.261 e. The Kier molecular flexibility index (Phi) is 7.30. The zero-order valence-corrected chi connectivity index (χ0v) is 19.4. The van der Waals surface area contributed by atoms with Gasteiger partial charge in [0.25, 0.3) is 10.0 Å². The molecule has 33 heavy (non-hydrogen) atoms. The fourth-order valence-corrected chi connectivity index (χ4v) is 4.33. The van der Waals surface area contributed by atoms with Crippen molar-refractivity contribution in [2.24, 2.45) is 0 Å². The van der Waals surface area contributed by atoms with Gasteiger partial charge in [0.2, 0.25) is 11.8 Å². The number of carbonyl (C=O) groups excluding carboxylic acids is 2. The van der Waals surface area contributed by atoms with Gasteiger partial charge >= 0.3 is 0 Å². The van der Waals surface area contributed by atoms with Crippen molar-refractivity contribution < 1.29 is 18.0 Å². The van der Waals surface area contributed by atoms with E-state index in [4.69, 9.17) is 0 Å². The minimum Gasteiger partial charge on any atom is -0.326 e. The number of hydrogen-bond donors (Lipinski definition) is 3. The maximum Gasteiger partial charge on any atom is 0.261 e. The molecule has 0 atom stereocenters. The van der Waals surface area contributed by atoms with E-state index in [9.17, 15) is 18.0 Å². The van der Waals surface area contributed by atoms with Crippen LogP contribution in [0.2, 0.25) is 0 Å². The lowest BCUT2D eigenvalue weighted by atomic mass is 10.1. The summed E-state index contributed by atoms with van der Waals surface area (Å²) in [5.74, 6) is -0.511. The highest BCUT2D eigenvalue weighted by molar-refractivity contribution is 7.92. The van der Waals surface area contributed by atoms with E-state index in [0.717, 1.165) is 16.7 Å². The van der Waals surface area contributed by atoms with Crippen molar-refractivity contribution in [1.82, 2.24) is 0 Å². The van der Waals surface area contributed by atoms with Crippen molar-refractivity contribution in [3.05, 3.63) is 89.5 Å². The summed E-state index contributed by atoms with van der Waals surface area (Å²) < 4.78 is 28.1. The number of amides is 2. The molecule has 0 aliphatic rings. The van der Waals surface area contributed by atoms with Gasteiger partial charge in [-0.05, 0) is 73.0 Å². The molecule has 3 N–H and O–H groups in total. The number of hydrogen-bond acceptors (Lipinski definition) is 4. The molecule has 0 unspecified atom stereocenters. The molecular formula is C25H25N3O4S. The standard InChI is InChI=1S/C25H25N3O4S/c1-17-5-4-6-18(2)25(17)28-33(31,32)23-14-12-22(13-15-23)27-24(30)16-9-20-7-10-21(11-8-20)26-19(3)29/h4-16,28H,1-3H3,(H,26,29)(H,27,30)/b16-9+. The van der Waals surface area contributed by atoms with Crippen molar-refractivity contribution in [1.29, 1.82) is 0 Å². The Morgan fingerprint density at radius 3 is 1.91 bits per heavy atom. The monoisotopic (exact) mass is 463 g/mol. The molecule has 3 aromatic rings. The van der Waals surface area contributed by atoms with Gasteiger partial charge in [-0.2, -0.15) is 0 Å². The summed E-state index contributed by atoms with van der Waals surface area (Å²) in [4.78, 5) is 23.4. The van der Waals surface area contributed by atoms with Crippen LogP contribution in [0.25, 0.3) is 6.08 Å². The van der Waals surface area contributed by atoms with Gasteiger partial charge in [-0.3, -0.25) is 14.3 Å². The molecule has 0 aliphatic carbocycles. The van der Waals surface area contributed by atoms with Gasteiger partial charge in [0.1, 0.15) is 0 Å². The highest BCUT2D eigenvalue weighted by Crippen LogP contribution is 2.24. The van der Waals surface area contributed by atoms with Crippen LogP contribution in [0, 0.1) is 13.8 Å². The maximum atomic E-state index is 12.7. The Balaban J connectivity index is 1.63. The number of carbonyl (C=O) groups is 2. The second-order valence-corrected chi connectivity index (χ2v) is 9.20. The molecule has 3 aromatic carbocycles. The first-order valence-electron chi connectivity index (χ1n) is 10.2. The Labute approximate surface area is 193 Å².